The number of hydrogen-bond acceptors (Lipinski definition) is 3. The average molecular weight is 477 g/mol. The lowest BCUT2D eigenvalue weighted by Crippen LogP contribution is -2.28. The summed E-state index contributed by atoms with van der Waals surface area (Å²) in [5, 5.41) is 10.7. The van der Waals surface area contributed by atoms with Gasteiger partial charge in [-0.15, -0.1) is 0 Å². The molecule has 0 saturated heterocycles. The van der Waals surface area contributed by atoms with Gasteiger partial charge in [-0.3, -0.25) is 4.98 Å². The van der Waals surface area contributed by atoms with Crippen molar-refractivity contribution in [3.63, 3.8) is 0 Å². The molecular formula is C24H30F6N2O. The van der Waals surface area contributed by atoms with E-state index >= 15 is 0 Å². The quantitative estimate of drug-likeness (QED) is 0.351. The fraction of sp³-hybridized carbons (Fsp3) is 0.542. The maximum absolute atomic E-state index is 13.5. The van der Waals surface area contributed by atoms with Gasteiger partial charge in [-0.05, 0) is 62.2 Å². The van der Waals surface area contributed by atoms with Crippen molar-refractivity contribution >= 4 is 0 Å². The molecule has 2 aromatic rings. The van der Waals surface area contributed by atoms with Gasteiger partial charge in [0.2, 0.25) is 0 Å². The Morgan fingerprint density at radius 3 is 1.91 bits per heavy atom. The van der Waals surface area contributed by atoms with Crippen molar-refractivity contribution in [3.05, 3.63) is 53.2 Å². The smallest absolute Gasteiger partial charge is 0.388 e. The molecule has 0 saturated carbocycles. The van der Waals surface area contributed by atoms with Crippen LogP contribution in [0.5, 0.6) is 0 Å². The van der Waals surface area contributed by atoms with Crippen LogP contribution in [0.1, 0.15) is 68.7 Å². The van der Waals surface area contributed by atoms with Crippen LogP contribution in [0.15, 0.2) is 36.5 Å². The molecule has 2 rings (SSSR count). The Morgan fingerprint density at radius 2 is 1.42 bits per heavy atom. The van der Waals surface area contributed by atoms with Gasteiger partial charge in [-0.2, -0.15) is 26.3 Å². The van der Waals surface area contributed by atoms with E-state index in [9.17, 15) is 31.4 Å². The third-order valence-electron chi connectivity index (χ3n) is 5.47. The van der Waals surface area contributed by atoms with Crippen LogP contribution >= 0.6 is 0 Å². The number of hydrogen-bond donors (Lipinski definition) is 1. The summed E-state index contributed by atoms with van der Waals surface area (Å²) in [6.07, 6.45) is -5.51. The molecule has 1 aromatic heterocycles. The van der Waals surface area contributed by atoms with Gasteiger partial charge in [0.1, 0.15) is 0 Å². The van der Waals surface area contributed by atoms with Gasteiger partial charge in [0, 0.05) is 18.3 Å². The fourth-order valence-electron chi connectivity index (χ4n) is 3.66. The Balaban J connectivity index is 2.34. The van der Waals surface area contributed by atoms with Gasteiger partial charge < -0.3 is 10.0 Å². The molecule has 1 aromatic carbocycles. The monoisotopic (exact) mass is 476 g/mol. The minimum atomic E-state index is -4.99. The number of alkyl halides is 6. The molecule has 33 heavy (non-hydrogen) atoms. The van der Waals surface area contributed by atoms with E-state index < -0.39 is 40.8 Å². The highest BCUT2D eigenvalue weighted by Crippen LogP contribution is 2.44. The van der Waals surface area contributed by atoms with Crippen LogP contribution in [-0.4, -0.2) is 34.6 Å². The van der Waals surface area contributed by atoms with Crippen molar-refractivity contribution in [3.8, 4) is 11.3 Å². The molecule has 0 fully saturated rings. The molecule has 0 bridgehead atoms. The molecule has 3 nitrogen and oxygen atoms in total. The highest BCUT2D eigenvalue weighted by Gasteiger charge is 2.41. The van der Waals surface area contributed by atoms with Crippen molar-refractivity contribution in [1.82, 2.24) is 9.88 Å². The molecule has 0 spiro atoms. The van der Waals surface area contributed by atoms with Gasteiger partial charge in [-0.1, -0.05) is 32.8 Å². The Kier molecular flexibility index (Phi) is 9.72. The summed E-state index contributed by atoms with van der Waals surface area (Å²) in [7, 11) is 0. The van der Waals surface area contributed by atoms with E-state index in [2.05, 4.69) is 23.7 Å². The van der Waals surface area contributed by atoms with Crippen molar-refractivity contribution < 1.29 is 31.4 Å². The minimum Gasteiger partial charge on any atom is -0.388 e. The first-order chi connectivity index (χ1) is 15.5. The lowest BCUT2D eigenvalue weighted by atomic mass is 9.95. The minimum absolute atomic E-state index is 0.232. The second-order valence-electron chi connectivity index (χ2n) is 8.05. The maximum atomic E-state index is 13.5. The van der Waals surface area contributed by atoms with Crippen LogP contribution in [0.25, 0.3) is 11.3 Å². The summed E-state index contributed by atoms with van der Waals surface area (Å²) in [5.74, 6) is 0. The van der Waals surface area contributed by atoms with Crippen LogP contribution in [0, 0.1) is 0 Å². The van der Waals surface area contributed by atoms with Crippen molar-refractivity contribution in [2.24, 2.45) is 0 Å². The van der Waals surface area contributed by atoms with Crippen LogP contribution < -0.4 is 0 Å². The average Bonchev–Trinajstić information content (AvgIpc) is 2.76. The van der Waals surface area contributed by atoms with Crippen LogP contribution in [0.2, 0.25) is 0 Å². The Hall–Kier alpha value is -2.13. The second-order valence-corrected chi connectivity index (χ2v) is 8.05. The third-order valence-corrected chi connectivity index (χ3v) is 5.47. The summed E-state index contributed by atoms with van der Waals surface area (Å²) in [6, 6.07) is 4.48. The van der Waals surface area contributed by atoms with E-state index in [1.54, 1.807) is 0 Å². The first-order valence-corrected chi connectivity index (χ1v) is 11.1. The van der Waals surface area contributed by atoms with Gasteiger partial charge >= 0.3 is 12.4 Å². The number of pyridine rings is 1. The zero-order chi connectivity index (χ0) is 24.6. The maximum Gasteiger partial charge on any atom is 0.417 e. The molecule has 1 atom stereocenters. The summed E-state index contributed by atoms with van der Waals surface area (Å²) >= 11 is 0. The molecule has 0 aliphatic heterocycles. The van der Waals surface area contributed by atoms with Crippen molar-refractivity contribution in [1.29, 1.82) is 0 Å². The fourth-order valence-corrected chi connectivity index (χ4v) is 3.66. The number of nitrogens with zero attached hydrogens (tertiary/aromatic N) is 2. The zero-order valence-corrected chi connectivity index (χ0v) is 18.8. The molecular weight excluding hydrogens is 446 g/mol. The van der Waals surface area contributed by atoms with Gasteiger partial charge in [0.15, 0.2) is 0 Å². The van der Waals surface area contributed by atoms with E-state index in [1.807, 2.05) is 0 Å². The van der Waals surface area contributed by atoms with Gasteiger partial charge in [0.05, 0.1) is 22.9 Å². The lowest BCUT2D eigenvalue weighted by Gasteiger charge is -2.24. The van der Waals surface area contributed by atoms with E-state index in [4.69, 9.17) is 0 Å². The number of aliphatic hydroxyl groups is 1. The van der Waals surface area contributed by atoms with E-state index in [-0.39, 0.29) is 5.56 Å². The molecule has 0 aliphatic rings. The zero-order valence-electron chi connectivity index (χ0n) is 18.8. The molecule has 1 heterocycles. The Morgan fingerprint density at radius 1 is 0.879 bits per heavy atom. The van der Waals surface area contributed by atoms with Crippen LogP contribution in [0.3, 0.4) is 0 Å². The topological polar surface area (TPSA) is 36.4 Å². The number of aromatic nitrogens is 1. The SMILES string of the molecule is CCCCN(CCCC)CCC(O)c1ccnc(-c2c(C(F)(F)F)cccc2C(F)(F)F)c1. The molecule has 1 unspecified atom stereocenters. The van der Waals surface area contributed by atoms with E-state index in [0.29, 0.717) is 25.1 Å². The number of rotatable bonds is 11. The number of unbranched alkanes of at least 4 members (excludes halogenated alkanes) is 2. The molecule has 0 radical (unpaired) electrons. The molecule has 9 heteroatoms. The summed E-state index contributed by atoms with van der Waals surface area (Å²) < 4.78 is 81.1. The normalized spacial score (nSPS) is 13.5. The molecule has 184 valence electrons. The number of aliphatic hydroxyl groups excluding tert-OH is 1. The number of halogens is 6. The van der Waals surface area contributed by atoms with E-state index in [1.165, 1.54) is 6.07 Å². The first-order valence-electron chi connectivity index (χ1n) is 11.1. The predicted molar refractivity (Wildman–Crippen MR) is 116 cm³/mol. The van der Waals surface area contributed by atoms with Crippen molar-refractivity contribution in [2.75, 3.05) is 19.6 Å². The molecule has 0 amide bonds. The highest BCUT2D eigenvalue weighted by molar-refractivity contribution is 5.70. The summed E-state index contributed by atoms with van der Waals surface area (Å²) in [6.45, 7) is 6.49. The van der Waals surface area contributed by atoms with Crippen LogP contribution in [0.4, 0.5) is 26.3 Å². The highest BCUT2D eigenvalue weighted by atomic mass is 19.4. The lowest BCUT2D eigenvalue weighted by molar-refractivity contribution is -0.142. The van der Waals surface area contributed by atoms with Gasteiger partial charge in [0.25, 0.3) is 0 Å². The van der Waals surface area contributed by atoms with Gasteiger partial charge in [-0.25, -0.2) is 0 Å². The third kappa shape index (κ3) is 7.71. The largest absolute Gasteiger partial charge is 0.417 e. The standard InChI is InChI=1S/C24H30F6N2O/c1-3-5-13-32(14-6-4-2)15-11-21(33)17-10-12-31-20(16-17)22-18(23(25,26)27)8-7-9-19(22)24(28,29)30/h7-10,12,16,21,33H,3-6,11,13-15H2,1-2H3. The number of benzene rings is 1. The second kappa shape index (κ2) is 11.8. The Labute approximate surface area is 190 Å². The van der Waals surface area contributed by atoms with Crippen molar-refractivity contribution in [2.45, 2.75) is 64.4 Å². The van der Waals surface area contributed by atoms with Crippen LogP contribution in [-0.2, 0) is 12.4 Å². The molecule has 0 aliphatic carbocycles. The first kappa shape index (κ1) is 27.1. The summed E-state index contributed by atoms with van der Waals surface area (Å²) in [4.78, 5) is 6.02. The Bertz CT molecular complexity index is 842. The summed E-state index contributed by atoms with van der Waals surface area (Å²) in [5.41, 5.74) is -4.10. The predicted octanol–water partition coefficient (Wildman–Crippen LogP) is 7.11. The van der Waals surface area contributed by atoms with E-state index in [0.717, 1.165) is 57.1 Å². The molecule has 1 N–H and O–H groups in total.